The van der Waals surface area contributed by atoms with E-state index in [9.17, 15) is 9.59 Å². The molecule has 0 bridgehead atoms. The molecular formula is C28H40N2O4. The maximum Gasteiger partial charge on any atom is 0.242 e. The summed E-state index contributed by atoms with van der Waals surface area (Å²) in [5.41, 5.74) is 3.13. The van der Waals surface area contributed by atoms with Crippen molar-refractivity contribution in [2.45, 2.75) is 79.4 Å². The lowest BCUT2D eigenvalue weighted by atomic mass is 10.1. The number of hydrogen-bond donors (Lipinski definition) is 1. The standard InChI is InChI=1S/C28H40N2O4/c1-7-21(5)29-28(32)22(6)30(19-24-12-10-11-20(4)17-24)27(31)16-14-23-13-15-25(33-8-2)26(18-23)34-9-3/h10-13,15,17-18,21-22H,7-9,14,16,19H2,1-6H3,(H,29,32). The number of carbonyl (C=O) groups excluding carboxylic acids is 2. The van der Waals surface area contributed by atoms with Crippen LogP contribution in [-0.4, -0.2) is 42.0 Å². The van der Waals surface area contributed by atoms with Crippen LogP contribution in [0.2, 0.25) is 0 Å². The Balaban J connectivity index is 2.18. The number of carbonyl (C=O) groups is 2. The summed E-state index contributed by atoms with van der Waals surface area (Å²) >= 11 is 0. The molecule has 0 saturated carbocycles. The summed E-state index contributed by atoms with van der Waals surface area (Å²) in [7, 11) is 0. The molecule has 0 aliphatic carbocycles. The third-order valence-electron chi connectivity index (χ3n) is 5.84. The molecule has 2 rings (SSSR count). The first-order valence-electron chi connectivity index (χ1n) is 12.3. The van der Waals surface area contributed by atoms with E-state index in [1.165, 1.54) is 0 Å². The molecule has 0 aliphatic heterocycles. The van der Waals surface area contributed by atoms with E-state index in [-0.39, 0.29) is 17.9 Å². The molecule has 2 unspecified atom stereocenters. The molecule has 2 aromatic carbocycles. The normalized spacial score (nSPS) is 12.5. The van der Waals surface area contributed by atoms with Gasteiger partial charge in [-0.05, 0) is 70.7 Å². The largest absolute Gasteiger partial charge is 0.490 e. The monoisotopic (exact) mass is 468 g/mol. The van der Waals surface area contributed by atoms with Gasteiger partial charge >= 0.3 is 0 Å². The van der Waals surface area contributed by atoms with Crippen molar-refractivity contribution in [1.29, 1.82) is 0 Å². The molecule has 2 amide bonds. The zero-order chi connectivity index (χ0) is 25.1. The topological polar surface area (TPSA) is 67.9 Å². The van der Waals surface area contributed by atoms with Crippen molar-refractivity contribution in [3.63, 3.8) is 0 Å². The highest BCUT2D eigenvalue weighted by Gasteiger charge is 2.26. The first-order valence-corrected chi connectivity index (χ1v) is 12.3. The highest BCUT2D eigenvalue weighted by molar-refractivity contribution is 5.87. The number of ether oxygens (including phenoxy) is 2. The van der Waals surface area contributed by atoms with Gasteiger partial charge in [0.2, 0.25) is 11.8 Å². The molecule has 0 fully saturated rings. The fourth-order valence-corrected chi connectivity index (χ4v) is 3.70. The van der Waals surface area contributed by atoms with Crippen LogP contribution < -0.4 is 14.8 Å². The molecule has 2 atom stereocenters. The minimum Gasteiger partial charge on any atom is -0.490 e. The Morgan fingerprint density at radius 3 is 2.29 bits per heavy atom. The number of aryl methyl sites for hydroxylation is 2. The highest BCUT2D eigenvalue weighted by Crippen LogP contribution is 2.29. The van der Waals surface area contributed by atoms with Crippen LogP contribution in [0, 0.1) is 6.92 Å². The quantitative estimate of drug-likeness (QED) is 0.446. The molecule has 0 aliphatic rings. The van der Waals surface area contributed by atoms with Gasteiger partial charge in [-0.15, -0.1) is 0 Å². The third kappa shape index (κ3) is 8.08. The molecule has 0 spiro atoms. The number of amides is 2. The summed E-state index contributed by atoms with van der Waals surface area (Å²) < 4.78 is 11.4. The zero-order valence-electron chi connectivity index (χ0n) is 21.5. The number of hydrogen-bond acceptors (Lipinski definition) is 4. The van der Waals surface area contributed by atoms with Crippen molar-refractivity contribution in [3.05, 3.63) is 59.2 Å². The van der Waals surface area contributed by atoms with Crippen LogP contribution in [0.25, 0.3) is 0 Å². The smallest absolute Gasteiger partial charge is 0.242 e. The van der Waals surface area contributed by atoms with E-state index in [2.05, 4.69) is 11.4 Å². The molecule has 6 heteroatoms. The van der Waals surface area contributed by atoms with Gasteiger partial charge in [-0.2, -0.15) is 0 Å². The van der Waals surface area contributed by atoms with Gasteiger partial charge in [0.15, 0.2) is 11.5 Å². The SMILES string of the molecule is CCOc1ccc(CCC(=O)N(Cc2cccc(C)c2)C(C)C(=O)NC(C)CC)cc1OCC. The van der Waals surface area contributed by atoms with Crippen LogP contribution in [0.4, 0.5) is 0 Å². The minimum absolute atomic E-state index is 0.0554. The van der Waals surface area contributed by atoms with Crippen LogP contribution >= 0.6 is 0 Å². The van der Waals surface area contributed by atoms with E-state index >= 15 is 0 Å². The maximum atomic E-state index is 13.4. The third-order valence-corrected chi connectivity index (χ3v) is 5.84. The predicted octanol–water partition coefficient (Wildman–Crippen LogP) is 5.06. The zero-order valence-corrected chi connectivity index (χ0v) is 21.5. The predicted molar refractivity (Wildman–Crippen MR) is 136 cm³/mol. The summed E-state index contributed by atoms with van der Waals surface area (Å²) in [5, 5.41) is 3.01. The summed E-state index contributed by atoms with van der Waals surface area (Å²) in [5.74, 6) is 1.21. The van der Waals surface area contributed by atoms with Crippen LogP contribution in [0.15, 0.2) is 42.5 Å². The van der Waals surface area contributed by atoms with E-state index in [0.717, 1.165) is 23.1 Å². The number of rotatable bonds is 13. The van der Waals surface area contributed by atoms with E-state index < -0.39 is 6.04 Å². The summed E-state index contributed by atoms with van der Waals surface area (Å²) in [6.07, 6.45) is 1.69. The fourth-order valence-electron chi connectivity index (χ4n) is 3.70. The van der Waals surface area contributed by atoms with E-state index in [1.807, 2.05) is 71.0 Å². The van der Waals surface area contributed by atoms with Gasteiger partial charge in [-0.1, -0.05) is 42.8 Å². The summed E-state index contributed by atoms with van der Waals surface area (Å²) in [6.45, 7) is 13.2. The Bertz CT molecular complexity index is 944. The summed E-state index contributed by atoms with van der Waals surface area (Å²) in [4.78, 5) is 27.9. The van der Waals surface area contributed by atoms with Crippen LogP contribution in [0.3, 0.4) is 0 Å². The van der Waals surface area contributed by atoms with Gasteiger partial charge in [-0.3, -0.25) is 9.59 Å². The van der Waals surface area contributed by atoms with Crippen molar-refractivity contribution in [1.82, 2.24) is 10.2 Å². The average Bonchev–Trinajstić information content (AvgIpc) is 2.82. The highest BCUT2D eigenvalue weighted by atomic mass is 16.5. The lowest BCUT2D eigenvalue weighted by molar-refractivity contribution is -0.140. The van der Waals surface area contributed by atoms with Crippen molar-refractivity contribution < 1.29 is 19.1 Å². The Hall–Kier alpha value is -3.02. The van der Waals surface area contributed by atoms with Crippen molar-refractivity contribution in [3.8, 4) is 11.5 Å². The molecule has 34 heavy (non-hydrogen) atoms. The Morgan fingerprint density at radius 1 is 0.941 bits per heavy atom. The van der Waals surface area contributed by atoms with Crippen molar-refractivity contribution in [2.24, 2.45) is 0 Å². The van der Waals surface area contributed by atoms with Gasteiger partial charge in [0, 0.05) is 19.0 Å². The molecular weight excluding hydrogens is 428 g/mol. The van der Waals surface area contributed by atoms with Crippen LogP contribution in [0.5, 0.6) is 11.5 Å². The molecule has 0 saturated heterocycles. The van der Waals surface area contributed by atoms with Gasteiger partial charge in [-0.25, -0.2) is 0 Å². The van der Waals surface area contributed by atoms with Gasteiger partial charge < -0.3 is 19.7 Å². The van der Waals surface area contributed by atoms with Gasteiger partial charge in [0.05, 0.1) is 13.2 Å². The van der Waals surface area contributed by atoms with Crippen molar-refractivity contribution >= 4 is 11.8 Å². The second-order valence-electron chi connectivity index (χ2n) is 8.65. The van der Waals surface area contributed by atoms with Gasteiger partial charge in [0.1, 0.15) is 6.04 Å². The Kier molecular flexibility index (Phi) is 10.9. The molecule has 2 aromatic rings. The van der Waals surface area contributed by atoms with Gasteiger partial charge in [0.25, 0.3) is 0 Å². The molecule has 0 radical (unpaired) electrons. The molecule has 186 valence electrons. The average molecular weight is 469 g/mol. The second kappa shape index (κ2) is 13.6. The molecule has 0 aromatic heterocycles. The van der Waals surface area contributed by atoms with Crippen molar-refractivity contribution in [2.75, 3.05) is 13.2 Å². The second-order valence-corrected chi connectivity index (χ2v) is 8.65. The maximum absolute atomic E-state index is 13.4. The van der Waals surface area contributed by atoms with Crippen LogP contribution in [-0.2, 0) is 22.6 Å². The molecule has 6 nitrogen and oxygen atoms in total. The Morgan fingerprint density at radius 2 is 1.65 bits per heavy atom. The molecule has 0 heterocycles. The van der Waals surface area contributed by atoms with Crippen LogP contribution in [0.1, 0.15) is 64.2 Å². The van der Waals surface area contributed by atoms with E-state index in [0.29, 0.717) is 44.1 Å². The minimum atomic E-state index is -0.568. The lowest BCUT2D eigenvalue weighted by Gasteiger charge is -2.30. The lowest BCUT2D eigenvalue weighted by Crippen LogP contribution is -2.49. The first-order chi connectivity index (χ1) is 16.3. The van der Waals surface area contributed by atoms with E-state index in [4.69, 9.17) is 9.47 Å². The van der Waals surface area contributed by atoms with E-state index in [1.54, 1.807) is 11.8 Å². The first kappa shape index (κ1) is 27.2. The summed E-state index contributed by atoms with van der Waals surface area (Å²) in [6, 6.07) is 13.3. The Labute approximate surface area is 204 Å². The fraction of sp³-hybridized carbons (Fsp3) is 0.500. The number of nitrogens with zero attached hydrogens (tertiary/aromatic N) is 1. The number of benzene rings is 2. The molecule has 1 N–H and O–H groups in total. The number of nitrogens with one attached hydrogen (secondary N) is 1.